The van der Waals surface area contributed by atoms with Crippen LogP contribution in [-0.2, 0) is 4.79 Å². The lowest BCUT2D eigenvalue weighted by molar-refractivity contribution is -0.120. The molecule has 3 rings (SSSR count). The number of nitrogens with zero attached hydrogens (tertiary/aromatic N) is 2. The summed E-state index contributed by atoms with van der Waals surface area (Å²) in [5.41, 5.74) is 0.824. The summed E-state index contributed by atoms with van der Waals surface area (Å²) in [6.07, 6.45) is 3.12. The van der Waals surface area contributed by atoms with Crippen molar-refractivity contribution in [3.63, 3.8) is 0 Å². The lowest BCUT2D eigenvalue weighted by Crippen LogP contribution is -2.38. The fourth-order valence-corrected chi connectivity index (χ4v) is 3.17. The van der Waals surface area contributed by atoms with E-state index in [9.17, 15) is 4.79 Å². The minimum absolute atomic E-state index is 0.0525. The van der Waals surface area contributed by atoms with Crippen molar-refractivity contribution in [2.75, 3.05) is 18.6 Å². The minimum atomic E-state index is -0.0525. The number of carbonyl (C=O) groups excluding carboxylic acids is 1. The smallest absolute Gasteiger partial charge is 0.256 e. The first-order chi connectivity index (χ1) is 9.22. The number of benzene rings is 1. The van der Waals surface area contributed by atoms with Gasteiger partial charge in [-0.05, 0) is 55.7 Å². The Kier molecular flexibility index (Phi) is 3.14. The first kappa shape index (κ1) is 12.4. The third kappa shape index (κ3) is 1.98. The van der Waals surface area contributed by atoms with Crippen LogP contribution in [0.1, 0.15) is 19.3 Å². The Morgan fingerprint density at radius 1 is 1.26 bits per heavy atom. The molecule has 2 saturated heterocycles. The summed E-state index contributed by atoms with van der Waals surface area (Å²) in [7, 11) is 1.63. The summed E-state index contributed by atoms with van der Waals surface area (Å²) in [4.78, 5) is 16.2. The molecule has 100 valence electrons. The van der Waals surface area contributed by atoms with Gasteiger partial charge in [0.2, 0.25) is 0 Å². The monoisotopic (exact) mass is 276 g/mol. The Morgan fingerprint density at radius 3 is 2.63 bits per heavy atom. The summed E-state index contributed by atoms with van der Waals surface area (Å²) in [6.45, 7) is 0.891. The molecular formula is C14H16N2O2S. The highest BCUT2D eigenvalue weighted by atomic mass is 32.1. The summed E-state index contributed by atoms with van der Waals surface area (Å²) >= 11 is 5.46. The van der Waals surface area contributed by atoms with Gasteiger partial charge in [-0.2, -0.15) is 0 Å². The molecular weight excluding hydrogens is 260 g/mol. The lowest BCUT2D eigenvalue weighted by atomic mass is 10.0. The van der Waals surface area contributed by atoms with Crippen LogP contribution < -0.4 is 9.64 Å². The van der Waals surface area contributed by atoms with Gasteiger partial charge in [-0.25, -0.2) is 0 Å². The van der Waals surface area contributed by atoms with Crippen molar-refractivity contribution >= 4 is 28.9 Å². The van der Waals surface area contributed by atoms with E-state index in [-0.39, 0.29) is 11.9 Å². The molecule has 0 saturated carbocycles. The zero-order valence-corrected chi connectivity index (χ0v) is 11.7. The molecule has 0 unspecified atom stereocenters. The first-order valence-corrected chi connectivity index (χ1v) is 6.92. The van der Waals surface area contributed by atoms with Crippen LogP contribution >= 0.6 is 12.2 Å². The van der Waals surface area contributed by atoms with Crippen LogP contribution in [0.4, 0.5) is 5.69 Å². The summed E-state index contributed by atoms with van der Waals surface area (Å²) in [5, 5.41) is 0.639. The van der Waals surface area contributed by atoms with Crippen molar-refractivity contribution in [2.24, 2.45) is 0 Å². The van der Waals surface area contributed by atoms with Crippen LogP contribution in [0.5, 0.6) is 5.75 Å². The van der Waals surface area contributed by atoms with Gasteiger partial charge >= 0.3 is 0 Å². The molecule has 1 aromatic rings. The number of rotatable bonds is 2. The van der Waals surface area contributed by atoms with Crippen LogP contribution in [0.15, 0.2) is 24.3 Å². The molecule has 2 aliphatic rings. The predicted molar refractivity (Wildman–Crippen MR) is 77.4 cm³/mol. The van der Waals surface area contributed by atoms with Gasteiger partial charge in [-0.15, -0.1) is 0 Å². The topological polar surface area (TPSA) is 32.8 Å². The van der Waals surface area contributed by atoms with Crippen LogP contribution in [0.25, 0.3) is 0 Å². The number of anilines is 1. The Balaban J connectivity index is 1.91. The molecule has 0 aromatic heterocycles. The summed E-state index contributed by atoms with van der Waals surface area (Å²) in [6, 6.07) is 7.40. The quantitative estimate of drug-likeness (QED) is 0.775. The highest BCUT2D eigenvalue weighted by molar-refractivity contribution is 7.80. The van der Waals surface area contributed by atoms with E-state index in [0.29, 0.717) is 5.11 Å². The Morgan fingerprint density at radius 2 is 2.00 bits per heavy atom. The zero-order valence-electron chi connectivity index (χ0n) is 10.8. The van der Waals surface area contributed by atoms with Crippen molar-refractivity contribution in [2.45, 2.75) is 25.3 Å². The number of thiocarbonyl (C=S) groups is 1. The SMILES string of the molecule is COc1ccc(N2C(=O)[C@@H]3CCCCN3C2=S)cc1. The normalized spacial score (nSPS) is 22.7. The summed E-state index contributed by atoms with van der Waals surface area (Å²) < 4.78 is 5.13. The number of ether oxygens (including phenoxy) is 1. The summed E-state index contributed by atoms with van der Waals surface area (Å²) in [5.74, 6) is 0.883. The molecule has 1 amide bonds. The first-order valence-electron chi connectivity index (χ1n) is 6.51. The van der Waals surface area contributed by atoms with Gasteiger partial charge in [-0.1, -0.05) is 0 Å². The predicted octanol–water partition coefficient (Wildman–Crippen LogP) is 2.18. The third-order valence-electron chi connectivity index (χ3n) is 3.78. The fraction of sp³-hybridized carbons (Fsp3) is 0.429. The maximum absolute atomic E-state index is 12.5. The highest BCUT2D eigenvalue weighted by Crippen LogP contribution is 2.31. The van der Waals surface area contributed by atoms with Crippen LogP contribution in [0.3, 0.4) is 0 Å². The average Bonchev–Trinajstić information content (AvgIpc) is 2.72. The lowest BCUT2D eigenvalue weighted by Gasteiger charge is -2.27. The molecule has 1 atom stereocenters. The van der Waals surface area contributed by atoms with E-state index in [4.69, 9.17) is 17.0 Å². The van der Waals surface area contributed by atoms with Crippen molar-refractivity contribution in [1.82, 2.24) is 4.90 Å². The molecule has 0 aliphatic carbocycles. The molecule has 2 fully saturated rings. The number of fused-ring (bicyclic) bond motifs is 1. The standard InChI is InChI=1S/C14H16N2O2S/c1-18-11-7-5-10(6-8-11)16-13(17)12-4-2-3-9-15(12)14(16)19/h5-8,12H,2-4,9H2,1H3/t12-/m0/s1. The van der Waals surface area contributed by atoms with Crippen molar-refractivity contribution < 1.29 is 9.53 Å². The maximum Gasteiger partial charge on any atom is 0.256 e. The van der Waals surface area contributed by atoms with E-state index < -0.39 is 0 Å². The van der Waals surface area contributed by atoms with E-state index >= 15 is 0 Å². The minimum Gasteiger partial charge on any atom is -0.497 e. The van der Waals surface area contributed by atoms with E-state index in [1.807, 2.05) is 24.3 Å². The molecule has 2 heterocycles. The van der Waals surface area contributed by atoms with Crippen LogP contribution in [0.2, 0.25) is 0 Å². The van der Waals surface area contributed by atoms with Gasteiger partial charge in [0.05, 0.1) is 12.8 Å². The van der Waals surface area contributed by atoms with Crippen LogP contribution in [0, 0.1) is 0 Å². The number of piperidine rings is 1. The molecule has 4 nitrogen and oxygen atoms in total. The average molecular weight is 276 g/mol. The van der Waals surface area contributed by atoms with E-state index in [2.05, 4.69) is 4.90 Å². The molecule has 0 spiro atoms. The zero-order chi connectivity index (χ0) is 13.4. The number of amides is 1. The second-order valence-electron chi connectivity index (χ2n) is 4.86. The van der Waals surface area contributed by atoms with Crippen LogP contribution in [-0.4, -0.2) is 35.6 Å². The molecule has 1 aromatic carbocycles. The molecule has 2 aliphatic heterocycles. The van der Waals surface area contributed by atoms with Crippen molar-refractivity contribution in [3.8, 4) is 5.75 Å². The number of methoxy groups -OCH3 is 1. The third-order valence-corrected chi connectivity index (χ3v) is 4.19. The number of hydrogen-bond acceptors (Lipinski definition) is 3. The van der Waals surface area contributed by atoms with Crippen molar-refractivity contribution in [1.29, 1.82) is 0 Å². The van der Waals surface area contributed by atoms with Gasteiger partial charge in [0.15, 0.2) is 5.11 Å². The van der Waals surface area contributed by atoms with Gasteiger partial charge in [0.25, 0.3) is 5.91 Å². The second-order valence-corrected chi connectivity index (χ2v) is 5.22. The maximum atomic E-state index is 12.5. The van der Waals surface area contributed by atoms with Crippen molar-refractivity contribution in [3.05, 3.63) is 24.3 Å². The fourth-order valence-electron chi connectivity index (χ4n) is 2.76. The molecule has 5 heteroatoms. The molecule has 0 radical (unpaired) electrons. The second kappa shape index (κ2) is 4.81. The Bertz CT molecular complexity index is 491. The van der Waals surface area contributed by atoms with E-state index in [1.165, 1.54) is 0 Å². The van der Waals surface area contributed by atoms with Gasteiger partial charge < -0.3 is 9.64 Å². The van der Waals surface area contributed by atoms with E-state index in [0.717, 1.165) is 37.2 Å². The highest BCUT2D eigenvalue weighted by Gasteiger charge is 2.43. The number of carbonyl (C=O) groups is 1. The Labute approximate surface area is 117 Å². The largest absolute Gasteiger partial charge is 0.497 e. The Hall–Kier alpha value is -1.62. The van der Waals surface area contributed by atoms with Gasteiger partial charge in [-0.3, -0.25) is 9.69 Å². The van der Waals surface area contributed by atoms with E-state index in [1.54, 1.807) is 12.0 Å². The molecule has 0 bridgehead atoms. The number of hydrogen-bond donors (Lipinski definition) is 0. The molecule has 0 N–H and O–H groups in total. The van der Waals surface area contributed by atoms with Gasteiger partial charge in [0.1, 0.15) is 11.8 Å². The molecule has 19 heavy (non-hydrogen) atoms. The van der Waals surface area contributed by atoms with Gasteiger partial charge in [0, 0.05) is 6.54 Å².